The molecular formula is C12H15BrO4S. The third kappa shape index (κ3) is 3.11. The van der Waals surface area contributed by atoms with Crippen molar-refractivity contribution < 1.29 is 17.9 Å². The lowest BCUT2D eigenvalue weighted by Gasteiger charge is -2.12. The van der Waals surface area contributed by atoms with Gasteiger partial charge in [0.15, 0.2) is 9.84 Å². The molecule has 0 aliphatic heterocycles. The average Bonchev–Trinajstić information content (AvgIpc) is 2.27. The molecule has 0 aliphatic carbocycles. The van der Waals surface area contributed by atoms with E-state index in [1.807, 2.05) is 6.92 Å². The van der Waals surface area contributed by atoms with Gasteiger partial charge >= 0.3 is 5.97 Å². The third-order valence-corrected chi connectivity index (χ3v) is 4.77. The summed E-state index contributed by atoms with van der Waals surface area (Å²) in [4.78, 5) is 11.7. The smallest absolute Gasteiger partial charge is 0.339 e. The van der Waals surface area contributed by atoms with E-state index in [2.05, 4.69) is 20.7 Å². The molecule has 0 aliphatic rings. The van der Waals surface area contributed by atoms with Crippen molar-refractivity contribution in [1.82, 2.24) is 0 Å². The predicted molar refractivity (Wildman–Crippen MR) is 72.6 cm³/mol. The van der Waals surface area contributed by atoms with Crippen molar-refractivity contribution in [2.75, 3.05) is 13.4 Å². The van der Waals surface area contributed by atoms with Crippen LogP contribution in [0, 0.1) is 0 Å². The first-order chi connectivity index (χ1) is 8.32. The molecule has 1 aromatic rings. The van der Waals surface area contributed by atoms with E-state index in [9.17, 15) is 13.2 Å². The highest BCUT2D eigenvalue weighted by Crippen LogP contribution is 2.30. The topological polar surface area (TPSA) is 60.4 Å². The number of methoxy groups -OCH3 is 1. The van der Waals surface area contributed by atoms with Gasteiger partial charge in [-0.25, -0.2) is 13.2 Å². The molecule has 0 unspecified atom stereocenters. The second-order valence-electron chi connectivity index (χ2n) is 3.93. The van der Waals surface area contributed by atoms with Crippen molar-refractivity contribution in [2.45, 2.75) is 24.7 Å². The summed E-state index contributed by atoms with van der Waals surface area (Å²) in [5.41, 5.74) is 0.928. The Morgan fingerprint density at radius 3 is 2.44 bits per heavy atom. The van der Waals surface area contributed by atoms with Crippen LogP contribution >= 0.6 is 15.9 Å². The standard InChI is InChI=1S/C12H15BrO4S/c1-4-5-8-6-7-9(12(14)17-2)10(13)11(8)18(3,15)16/h6-7H,4-5H2,1-3H3. The first-order valence-corrected chi connectivity index (χ1v) is 8.11. The second kappa shape index (κ2) is 5.84. The largest absolute Gasteiger partial charge is 0.465 e. The van der Waals surface area contributed by atoms with Crippen LogP contribution in [-0.2, 0) is 21.0 Å². The Balaban J connectivity index is 3.55. The van der Waals surface area contributed by atoms with Gasteiger partial charge in [-0.15, -0.1) is 0 Å². The summed E-state index contributed by atoms with van der Waals surface area (Å²) >= 11 is 3.20. The van der Waals surface area contributed by atoms with E-state index in [-0.39, 0.29) is 14.9 Å². The van der Waals surface area contributed by atoms with Crippen molar-refractivity contribution in [1.29, 1.82) is 0 Å². The van der Waals surface area contributed by atoms with Crippen molar-refractivity contribution in [3.8, 4) is 0 Å². The summed E-state index contributed by atoms with van der Waals surface area (Å²) in [7, 11) is -2.15. The molecule has 4 nitrogen and oxygen atoms in total. The number of hydrogen-bond acceptors (Lipinski definition) is 4. The normalized spacial score (nSPS) is 11.3. The zero-order valence-electron chi connectivity index (χ0n) is 10.5. The summed E-state index contributed by atoms with van der Waals surface area (Å²) in [6.45, 7) is 1.97. The summed E-state index contributed by atoms with van der Waals surface area (Å²) in [6, 6.07) is 3.24. The molecule has 18 heavy (non-hydrogen) atoms. The van der Waals surface area contributed by atoms with Gasteiger partial charge in [-0.1, -0.05) is 19.4 Å². The Morgan fingerprint density at radius 1 is 1.39 bits per heavy atom. The van der Waals surface area contributed by atoms with Gasteiger partial charge in [-0.2, -0.15) is 0 Å². The molecule has 0 N–H and O–H groups in total. The molecule has 0 saturated heterocycles. The number of halogens is 1. The van der Waals surface area contributed by atoms with Gasteiger partial charge in [-0.3, -0.25) is 0 Å². The van der Waals surface area contributed by atoms with Crippen LogP contribution in [0.3, 0.4) is 0 Å². The lowest BCUT2D eigenvalue weighted by atomic mass is 10.1. The first-order valence-electron chi connectivity index (χ1n) is 5.42. The number of benzene rings is 1. The molecule has 1 aromatic carbocycles. The van der Waals surface area contributed by atoms with E-state index < -0.39 is 15.8 Å². The maximum absolute atomic E-state index is 11.8. The number of esters is 1. The van der Waals surface area contributed by atoms with E-state index in [1.54, 1.807) is 12.1 Å². The summed E-state index contributed by atoms with van der Waals surface area (Å²) in [5.74, 6) is -0.560. The molecule has 0 radical (unpaired) electrons. The van der Waals surface area contributed by atoms with Crippen molar-refractivity contribution >= 4 is 31.7 Å². The van der Waals surface area contributed by atoms with E-state index in [1.165, 1.54) is 7.11 Å². The Morgan fingerprint density at radius 2 is 2.00 bits per heavy atom. The predicted octanol–water partition coefficient (Wildman–Crippen LogP) is 2.59. The van der Waals surface area contributed by atoms with E-state index in [0.29, 0.717) is 12.0 Å². The molecule has 100 valence electrons. The van der Waals surface area contributed by atoms with Crippen LogP contribution in [0.1, 0.15) is 29.3 Å². The Labute approximate surface area is 115 Å². The fraction of sp³-hybridized carbons (Fsp3) is 0.417. The molecule has 0 atom stereocenters. The van der Waals surface area contributed by atoms with Crippen LogP contribution in [0.25, 0.3) is 0 Å². The molecule has 1 rings (SSSR count). The lowest BCUT2D eigenvalue weighted by molar-refractivity contribution is 0.0599. The van der Waals surface area contributed by atoms with E-state index in [0.717, 1.165) is 12.7 Å². The number of sulfone groups is 1. The number of ether oxygens (including phenoxy) is 1. The summed E-state index contributed by atoms with van der Waals surface area (Å²) in [6.07, 6.45) is 2.60. The Kier molecular flexibility index (Phi) is 4.92. The SMILES string of the molecule is CCCc1ccc(C(=O)OC)c(Br)c1S(C)(=O)=O. The third-order valence-electron chi connectivity index (χ3n) is 2.47. The van der Waals surface area contributed by atoms with Crippen molar-refractivity contribution in [2.24, 2.45) is 0 Å². The maximum Gasteiger partial charge on any atom is 0.339 e. The number of carbonyl (C=O) groups excluding carboxylic acids is 1. The number of aryl methyl sites for hydroxylation is 1. The zero-order chi connectivity index (χ0) is 13.9. The molecule has 0 bridgehead atoms. The van der Waals surface area contributed by atoms with E-state index in [4.69, 9.17) is 0 Å². The van der Waals surface area contributed by atoms with Gasteiger partial charge < -0.3 is 4.74 Å². The van der Waals surface area contributed by atoms with Gasteiger partial charge in [0.2, 0.25) is 0 Å². The zero-order valence-corrected chi connectivity index (χ0v) is 12.9. The number of hydrogen-bond donors (Lipinski definition) is 0. The van der Waals surface area contributed by atoms with Crippen molar-refractivity contribution in [3.63, 3.8) is 0 Å². The quantitative estimate of drug-likeness (QED) is 0.794. The van der Waals surface area contributed by atoms with Gasteiger partial charge in [0.25, 0.3) is 0 Å². The molecule has 6 heteroatoms. The first kappa shape index (κ1) is 15.2. The van der Waals surface area contributed by atoms with Crippen LogP contribution in [0.5, 0.6) is 0 Å². The molecule has 0 amide bonds. The number of rotatable bonds is 4. The molecule has 0 heterocycles. The fourth-order valence-electron chi connectivity index (χ4n) is 1.73. The minimum absolute atomic E-state index is 0.173. The van der Waals surface area contributed by atoms with Crippen LogP contribution in [-0.4, -0.2) is 27.8 Å². The van der Waals surface area contributed by atoms with Crippen LogP contribution in [0.15, 0.2) is 21.5 Å². The summed E-state index contributed by atoms with van der Waals surface area (Å²) < 4.78 is 28.6. The highest BCUT2D eigenvalue weighted by Gasteiger charge is 2.22. The minimum atomic E-state index is -3.41. The van der Waals surface area contributed by atoms with Crippen LogP contribution in [0.2, 0.25) is 0 Å². The maximum atomic E-state index is 11.8. The molecule has 0 aromatic heterocycles. The Bertz CT molecular complexity index is 564. The highest BCUT2D eigenvalue weighted by atomic mass is 79.9. The Hall–Kier alpha value is -0.880. The molecular weight excluding hydrogens is 320 g/mol. The average molecular weight is 335 g/mol. The number of carbonyl (C=O) groups is 1. The fourth-order valence-corrected chi connectivity index (χ4v) is 4.24. The van der Waals surface area contributed by atoms with Crippen LogP contribution in [0.4, 0.5) is 0 Å². The molecule has 0 fully saturated rings. The van der Waals surface area contributed by atoms with Gasteiger partial charge in [0.05, 0.1) is 22.0 Å². The van der Waals surface area contributed by atoms with Crippen molar-refractivity contribution in [3.05, 3.63) is 27.7 Å². The monoisotopic (exact) mass is 334 g/mol. The van der Waals surface area contributed by atoms with Crippen LogP contribution < -0.4 is 0 Å². The minimum Gasteiger partial charge on any atom is -0.465 e. The lowest BCUT2D eigenvalue weighted by Crippen LogP contribution is -2.09. The highest BCUT2D eigenvalue weighted by molar-refractivity contribution is 9.10. The summed E-state index contributed by atoms with van der Waals surface area (Å²) in [5, 5.41) is 0. The molecule has 0 spiro atoms. The van der Waals surface area contributed by atoms with Gasteiger partial charge in [0.1, 0.15) is 0 Å². The molecule has 0 saturated carbocycles. The second-order valence-corrected chi connectivity index (χ2v) is 6.67. The van der Waals surface area contributed by atoms with Gasteiger partial charge in [0, 0.05) is 6.26 Å². The van der Waals surface area contributed by atoms with Gasteiger partial charge in [-0.05, 0) is 34.0 Å². The van der Waals surface area contributed by atoms with E-state index >= 15 is 0 Å².